The van der Waals surface area contributed by atoms with E-state index in [9.17, 15) is 0 Å². The highest BCUT2D eigenvalue weighted by atomic mass is 15.0. The van der Waals surface area contributed by atoms with Crippen molar-refractivity contribution in [3.63, 3.8) is 0 Å². The fourth-order valence-corrected chi connectivity index (χ4v) is 1.15. The molecule has 0 aliphatic carbocycles. The highest BCUT2D eigenvalue weighted by Crippen LogP contribution is 1.88. The third-order valence-electron chi connectivity index (χ3n) is 1.92. The Kier molecular flexibility index (Phi) is 4.54. The average molecular weight is 166 g/mol. The number of nitrogens with zero attached hydrogens (tertiary/aromatic N) is 1. The number of rotatable bonds is 6. The van der Waals surface area contributed by atoms with Crippen LogP contribution >= 0.6 is 0 Å². The summed E-state index contributed by atoms with van der Waals surface area (Å²) in [6.07, 6.45) is 6.76. The van der Waals surface area contributed by atoms with Crippen LogP contribution in [0, 0.1) is 0 Å². The SMILES string of the molecule is CCCCNCCn1cccc1. The van der Waals surface area contributed by atoms with E-state index in [2.05, 4.69) is 41.3 Å². The molecule has 2 heteroatoms. The summed E-state index contributed by atoms with van der Waals surface area (Å²) in [6, 6.07) is 4.12. The van der Waals surface area contributed by atoms with Gasteiger partial charge in [-0.25, -0.2) is 0 Å². The Morgan fingerprint density at radius 1 is 1.17 bits per heavy atom. The molecular formula is C10H18N2. The maximum Gasteiger partial charge on any atom is 0.0344 e. The van der Waals surface area contributed by atoms with Gasteiger partial charge in [-0.2, -0.15) is 0 Å². The minimum absolute atomic E-state index is 1.08. The van der Waals surface area contributed by atoms with Crippen molar-refractivity contribution in [2.45, 2.75) is 26.3 Å². The van der Waals surface area contributed by atoms with Gasteiger partial charge >= 0.3 is 0 Å². The standard InChI is InChI=1S/C10H18N2/c1-2-3-6-11-7-10-12-8-4-5-9-12/h4-5,8-9,11H,2-3,6-7,10H2,1H3. The predicted molar refractivity (Wildman–Crippen MR) is 52.2 cm³/mol. The molecule has 0 spiro atoms. The molecule has 1 aromatic heterocycles. The van der Waals surface area contributed by atoms with E-state index in [1.54, 1.807) is 0 Å². The third kappa shape index (κ3) is 3.58. The maximum absolute atomic E-state index is 3.40. The molecule has 1 heterocycles. The quantitative estimate of drug-likeness (QED) is 0.638. The Balaban J connectivity index is 1.96. The molecule has 12 heavy (non-hydrogen) atoms. The van der Waals surface area contributed by atoms with E-state index in [-0.39, 0.29) is 0 Å². The van der Waals surface area contributed by atoms with Gasteiger partial charge < -0.3 is 9.88 Å². The van der Waals surface area contributed by atoms with Gasteiger partial charge in [-0.1, -0.05) is 13.3 Å². The lowest BCUT2D eigenvalue weighted by atomic mass is 10.3. The molecule has 0 saturated carbocycles. The molecule has 0 aromatic carbocycles. The van der Waals surface area contributed by atoms with E-state index >= 15 is 0 Å². The molecule has 68 valence electrons. The van der Waals surface area contributed by atoms with Crippen molar-refractivity contribution in [3.05, 3.63) is 24.5 Å². The lowest BCUT2D eigenvalue weighted by molar-refractivity contribution is 0.581. The summed E-state index contributed by atoms with van der Waals surface area (Å²) in [4.78, 5) is 0. The zero-order valence-corrected chi connectivity index (χ0v) is 7.79. The average Bonchev–Trinajstić information content (AvgIpc) is 2.57. The van der Waals surface area contributed by atoms with Gasteiger partial charge in [0.2, 0.25) is 0 Å². The molecule has 0 radical (unpaired) electrons. The van der Waals surface area contributed by atoms with Gasteiger partial charge in [-0.05, 0) is 25.1 Å². The summed E-state index contributed by atoms with van der Waals surface area (Å²) in [6.45, 7) is 5.52. The second kappa shape index (κ2) is 5.84. The summed E-state index contributed by atoms with van der Waals surface area (Å²) < 4.78 is 2.19. The number of unbranched alkanes of at least 4 members (excludes halogenated alkanes) is 1. The summed E-state index contributed by atoms with van der Waals surface area (Å²) >= 11 is 0. The molecule has 0 aliphatic heterocycles. The van der Waals surface area contributed by atoms with Gasteiger partial charge in [0.05, 0.1) is 0 Å². The van der Waals surface area contributed by atoms with Crippen LogP contribution in [0.4, 0.5) is 0 Å². The Labute approximate surface area is 74.6 Å². The maximum atomic E-state index is 3.40. The third-order valence-corrected chi connectivity index (χ3v) is 1.92. The first-order valence-electron chi connectivity index (χ1n) is 4.75. The summed E-state index contributed by atoms with van der Waals surface area (Å²) in [5.74, 6) is 0. The van der Waals surface area contributed by atoms with Crippen molar-refractivity contribution in [3.8, 4) is 0 Å². The molecule has 1 N–H and O–H groups in total. The van der Waals surface area contributed by atoms with Gasteiger partial charge in [0.1, 0.15) is 0 Å². The van der Waals surface area contributed by atoms with E-state index in [1.807, 2.05) is 0 Å². The highest BCUT2D eigenvalue weighted by molar-refractivity contribution is 4.90. The minimum atomic E-state index is 1.08. The van der Waals surface area contributed by atoms with Crippen molar-refractivity contribution in [1.82, 2.24) is 9.88 Å². The number of aromatic nitrogens is 1. The molecule has 1 aromatic rings. The van der Waals surface area contributed by atoms with Crippen molar-refractivity contribution in [1.29, 1.82) is 0 Å². The van der Waals surface area contributed by atoms with Crippen molar-refractivity contribution >= 4 is 0 Å². The van der Waals surface area contributed by atoms with E-state index < -0.39 is 0 Å². The largest absolute Gasteiger partial charge is 0.353 e. The second-order valence-corrected chi connectivity index (χ2v) is 3.02. The van der Waals surface area contributed by atoms with Crippen LogP contribution in [0.5, 0.6) is 0 Å². The highest BCUT2D eigenvalue weighted by Gasteiger charge is 1.87. The molecule has 0 fully saturated rings. The normalized spacial score (nSPS) is 10.4. The van der Waals surface area contributed by atoms with E-state index in [0.29, 0.717) is 0 Å². The number of hydrogen-bond acceptors (Lipinski definition) is 1. The molecule has 0 bridgehead atoms. The lowest BCUT2D eigenvalue weighted by Gasteiger charge is -2.04. The fraction of sp³-hybridized carbons (Fsp3) is 0.600. The van der Waals surface area contributed by atoms with Crippen LogP contribution in [0.3, 0.4) is 0 Å². The Morgan fingerprint density at radius 3 is 2.58 bits per heavy atom. The number of hydrogen-bond donors (Lipinski definition) is 1. The summed E-state index contributed by atoms with van der Waals surface area (Å²) in [7, 11) is 0. The summed E-state index contributed by atoms with van der Waals surface area (Å²) in [5, 5.41) is 3.40. The Hall–Kier alpha value is -0.760. The number of nitrogens with one attached hydrogen (secondary N) is 1. The molecule has 0 unspecified atom stereocenters. The van der Waals surface area contributed by atoms with E-state index in [0.717, 1.165) is 19.6 Å². The van der Waals surface area contributed by atoms with Crippen LogP contribution in [0.1, 0.15) is 19.8 Å². The summed E-state index contributed by atoms with van der Waals surface area (Å²) in [5.41, 5.74) is 0. The Morgan fingerprint density at radius 2 is 1.92 bits per heavy atom. The van der Waals surface area contributed by atoms with Gasteiger partial charge in [-0.3, -0.25) is 0 Å². The first-order chi connectivity index (χ1) is 5.93. The zero-order valence-electron chi connectivity index (χ0n) is 7.79. The van der Waals surface area contributed by atoms with Gasteiger partial charge in [0.25, 0.3) is 0 Å². The van der Waals surface area contributed by atoms with Crippen LogP contribution in [-0.2, 0) is 6.54 Å². The molecule has 0 aliphatic rings. The van der Waals surface area contributed by atoms with Crippen molar-refractivity contribution < 1.29 is 0 Å². The molecule has 0 amide bonds. The predicted octanol–water partition coefficient (Wildman–Crippen LogP) is 1.88. The second-order valence-electron chi connectivity index (χ2n) is 3.02. The molecular weight excluding hydrogens is 148 g/mol. The fourth-order valence-electron chi connectivity index (χ4n) is 1.15. The zero-order chi connectivity index (χ0) is 8.65. The van der Waals surface area contributed by atoms with Crippen LogP contribution in [0.2, 0.25) is 0 Å². The van der Waals surface area contributed by atoms with Gasteiger partial charge in [0, 0.05) is 25.5 Å². The monoisotopic (exact) mass is 166 g/mol. The van der Waals surface area contributed by atoms with Gasteiger partial charge in [-0.15, -0.1) is 0 Å². The van der Waals surface area contributed by atoms with Crippen molar-refractivity contribution in [2.75, 3.05) is 13.1 Å². The molecule has 1 rings (SSSR count). The Bertz CT molecular complexity index is 180. The van der Waals surface area contributed by atoms with E-state index in [1.165, 1.54) is 12.8 Å². The van der Waals surface area contributed by atoms with Crippen molar-refractivity contribution in [2.24, 2.45) is 0 Å². The van der Waals surface area contributed by atoms with Crippen LogP contribution in [0.15, 0.2) is 24.5 Å². The van der Waals surface area contributed by atoms with Gasteiger partial charge in [0.15, 0.2) is 0 Å². The molecule has 2 nitrogen and oxygen atoms in total. The minimum Gasteiger partial charge on any atom is -0.353 e. The van der Waals surface area contributed by atoms with E-state index in [4.69, 9.17) is 0 Å². The molecule has 0 atom stereocenters. The smallest absolute Gasteiger partial charge is 0.0344 e. The molecule has 0 saturated heterocycles. The van der Waals surface area contributed by atoms with Crippen LogP contribution < -0.4 is 5.32 Å². The lowest BCUT2D eigenvalue weighted by Crippen LogP contribution is -2.20. The first kappa shape index (κ1) is 9.33. The topological polar surface area (TPSA) is 17.0 Å². The van der Waals surface area contributed by atoms with Crippen LogP contribution in [-0.4, -0.2) is 17.7 Å². The first-order valence-corrected chi connectivity index (χ1v) is 4.75. The van der Waals surface area contributed by atoms with Crippen LogP contribution in [0.25, 0.3) is 0 Å².